The molecule has 2 aromatic heterocycles. The minimum Gasteiger partial charge on any atom is -0.495 e. The van der Waals surface area contributed by atoms with E-state index in [1.165, 1.54) is 22.5 Å². The maximum absolute atomic E-state index is 5.90. The number of anilines is 1. The average Bonchev–Trinajstić information content (AvgIpc) is 3.35. The molecular weight excluding hydrogens is 440 g/mol. The summed E-state index contributed by atoms with van der Waals surface area (Å²) in [6.45, 7) is 6.44. The van der Waals surface area contributed by atoms with E-state index in [1.807, 2.05) is 36.5 Å². The van der Waals surface area contributed by atoms with Crippen LogP contribution in [-0.4, -0.2) is 21.8 Å². The zero-order valence-corrected chi connectivity index (χ0v) is 20.6. The van der Waals surface area contributed by atoms with Gasteiger partial charge in [0.15, 0.2) is 5.11 Å². The Morgan fingerprint density at radius 2 is 1.68 bits per heavy atom. The molecule has 0 saturated carbocycles. The van der Waals surface area contributed by atoms with Crippen molar-refractivity contribution >= 4 is 23.0 Å². The Hall–Kier alpha value is -3.64. The smallest absolute Gasteiger partial charge is 0.174 e. The number of ether oxygens (including phenoxy) is 1. The van der Waals surface area contributed by atoms with Crippen molar-refractivity contribution in [2.24, 2.45) is 0 Å². The van der Waals surface area contributed by atoms with Gasteiger partial charge in [0.25, 0.3) is 0 Å². The average molecular weight is 469 g/mol. The summed E-state index contributed by atoms with van der Waals surface area (Å²) in [6, 6.07) is 24.7. The lowest BCUT2D eigenvalue weighted by Crippen LogP contribution is -2.30. The number of thiocarbonyl (C=S) groups is 1. The Bertz CT molecular complexity index is 1330. The lowest BCUT2D eigenvalue weighted by atomic mass is 9.96. The van der Waals surface area contributed by atoms with Crippen molar-refractivity contribution in [1.82, 2.24) is 14.9 Å². The van der Waals surface area contributed by atoms with Gasteiger partial charge in [-0.1, -0.05) is 35.9 Å². The fourth-order valence-electron chi connectivity index (χ4n) is 4.94. The molecule has 1 N–H and O–H groups in total. The number of nitrogens with one attached hydrogen (secondary N) is 1. The molecule has 0 unspecified atom stereocenters. The van der Waals surface area contributed by atoms with Crippen LogP contribution in [0.3, 0.4) is 0 Å². The van der Waals surface area contributed by atoms with Crippen LogP contribution in [0.5, 0.6) is 5.75 Å². The summed E-state index contributed by atoms with van der Waals surface area (Å²) in [6.07, 6.45) is 1.83. The first-order valence-electron chi connectivity index (χ1n) is 11.4. The van der Waals surface area contributed by atoms with Gasteiger partial charge in [-0.25, -0.2) is 0 Å². The highest BCUT2D eigenvalue weighted by atomic mass is 32.1. The van der Waals surface area contributed by atoms with Crippen molar-refractivity contribution < 1.29 is 4.74 Å². The fourth-order valence-corrected chi connectivity index (χ4v) is 5.28. The van der Waals surface area contributed by atoms with Crippen LogP contribution in [-0.2, 0) is 0 Å². The first kappa shape index (κ1) is 22.2. The van der Waals surface area contributed by atoms with E-state index < -0.39 is 0 Å². The van der Waals surface area contributed by atoms with Gasteiger partial charge < -0.3 is 19.5 Å². The van der Waals surface area contributed by atoms with Gasteiger partial charge in [0.1, 0.15) is 5.75 Å². The number of hydrogen-bond acceptors (Lipinski definition) is 3. The predicted octanol–water partition coefficient (Wildman–Crippen LogP) is 5.98. The van der Waals surface area contributed by atoms with E-state index in [2.05, 4.69) is 83.0 Å². The molecule has 1 aliphatic heterocycles. The summed E-state index contributed by atoms with van der Waals surface area (Å²) in [7, 11) is 1.69. The molecule has 172 valence electrons. The van der Waals surface area contributed by atoms with Crippen LogP contribution in [0.1, 0.15) is 40.3 Å². The van der Waals surface area contributed by atoms with Crippen LogP contribution in [0.4, 0.5) is 5.69 Å². The third-order valence-electron chi connectivity index (χ3n) is 6.52. The Kier molecular flexibility index (Phi) is 5.84. The number of pyridine rings is 1. The van der Waals surface area contributed by atoms with Gasteiger partial charge in [0.05, 0.1) is 30.6 Å². The molecule has 34 heavy (non-hydrogen) atoms. The first-order chi connectivity index (χ1) is 16.5. The second-order valence-corrected chi connectivity index (χ2v) is 9.05. The van der Waals surface area contributed by atoms with Crippen molar-refractivity contribution in [3.8, 4) is 11.4 Å². The standard InChI is InChI=1S/C28H28N4OS/c1-18-12-14-21(15-13-18)31-19(2)17-22(20(31)3)27-26(23-9-7-8-16-29-23)30-28(34)32(27)24-10-5-6-11-25(24)33-4/h5-17,26-27H,1-4H3,(H,30,34)/t26-,27-/m0/s1. The zero-order chi connectivity index (χ0) is 23.8. The van der Waals surface area contributed by atoms with Crippen LogP contribution in [0.25, 0.3) is 5.69 Å². The number of hydrogen-bond donors (Lipinski definition) is 1. The van der Waals surface area contributed by atoms with Crippen LogP contribution >= 0.6 is 12.2 Å². The number of nitrogens with zero attached hydrogens (tertiary/aromatic N) is 3. The maximum atomic E-state index is 5.90. The second-order valence-electron chi connectivity index (χ2n) is 8.67. The molecular formula is C28H28N4OS. The van der Waals surface area contributed by atoms with Crippen LogP contribution < -0.4 is 15.0 Å². The second kappa shape index (κ2) is 8.95. The molecule has 5 rings (SSSR count). The van der Waals surface area contributed by atoms with Crippen LogP contribution in [0.2, 0.25) is 0 Å². The third kappa shape index (κ3) is 3.74. The molecule has 5 nitrogen and oxygen atoms in total. The van der Waals surface area contributed by atoms with Gasteiger partial charge in [-0.3, -0.25) is 4.98 Å². The Morgan fingerprint density at radius 1 is 0.941 bits per heavy atom. The molecule has 0 radical (unpaired) electrons. The lowest BCUT2D eigenvalue weighted by Gasteiger charge is -2.29. The van der Waals surface area contributed by atoms with Crippen molar-refractivity contribution in [3.63, 3.8) is 0 Å². The monoisotopic (exact) mass is 468 g/mol. The highest BCUT2D eigenvalue weighted by Crippen LogP contribution is 2.46. The number of aromatic nitrogens is 2. The molecule has 1 saturated heterocycles. The van der Waals surface area contributed by atoms with Gasteiger partial charge in [0.2, 0.25) is 0 Å². The molecule has 2 aromatic carbocycles. The molecule has 1 aliphatic rings. The van der Waals surface area contributed by atoms with E-state index in [4.69, 9.17) is 17.0 Å². The molecule has 0 bridgehead atoms. The van der Waals surface area contributed by atoms with Gasteiger partial charge >= 0.3 is 0 Å². The number of aryl methyl sites for hydroxylation is 2. The Labute approximate surface area is 206 Å². The molecule has 1 fully saturated rings. The fraction of sp³-hybridized carbons (Fsp3) is 0.214. The molecule has 0 amide bonds. The minimum absolute atomic E-state index is 0.0934. The molecule has 0 aliphatic carbocycles. The van der Waals surface area contributed by atoms with Gasteiger partial charge in [-0.2, -0.15) is 0 Å². The summed E-state index contributed by atoms with van der Waals surface area (Å²) in [5.41, 5.74) is 7.84. The molecule has 2 atom stereocenters. The third-order valence-corrected chi connectivity index (χ3v) is 6.84. The highest BCUT2D eigenvalue weighted by Gasteiger charge is 2.43. The van der Waals surface area contributed by atoms with E-state index in [1.54, 1.807) is 7.11 Å². The number of methoxy groups -OCH3 is 1. The largest absolute Gasteiger partial charge is 0.495 e. The van der Waals surface area contributed by atoms with Crippen molar-refractivity contribution in [2.45, 2.75) is 32.9 Å². The van der Waals surface area contributed by atoms with Gasteiger partial charge in [0, 0.05) is 23.3 Å². The van der Waals surface area contributed by atoms with E-state index >= 15 is 0 Å². The van der Waals surface area contributed by atoms with E-state index in [0.29, 0.717) is 5.11 Å². The van der Waals surface area contributed by atoms with E-state index in [9.17, 15) is 0 Å². The zero-order valence-electron chi connectivity index (χ0n) is 19.8. The quantitative estimate of drug-likeness (QED) is 0.365. The predicted molar refractivity (Wildman–Crippen MR) is 141 cm³/mol. The highest BCUT2D eigenvalue weighted by molar-refractivity contribution is 7.80. The number of benzene rings is 2. The molecule has 4 aromatic rings. The molecule has 0 spiro atoms. The summed E-state index contributed by atoms with van der Waals surface area (Å²) in [4.78, 5) is 6.86. The van der Waals surface area contributed by atoms with Crippen molar-refractivity contribution in [3.05, 3.63) is 107 Å². The number of rotatable bonds is 5. The summed E-state index contributed by atoms with van der Waals surface area (Å²) in [5.74, 6) is 0.783. The SMILES string of the molecule is COc1ccccc1N1C(=S)N[C@@H](c2ccccn2)[C@@H]1c1cc(C)n(-c2ccc(C)cc2)c1C. The summed E-state index contributed by atoms with van der Waals surface area (Å²) >= 11 is 5.90. The summed E-state index contributed by atoms with van der Waals surface area (Å²) in [5, 5.41) is 4.21. The topological polar surface area (TPSA) is 42.3 Å². The Morgan fingerprint density at radius 3 is 2.38 bits per heavy atom. The molecule has 6 heteroatoms. The first-order valence-corrected chi connectivity index (χ1v) is 11.8. The lowest BCUT2D eigenvalue weighted by molar-refractivity contribution is 0.414. The molecule has 3 heterocycles. The van der Waals surface area contributed by atoms with E-state index in [0.717, 1.165) is 22.8 Å². The number of para-hydroxylation sites is 2. The minimum atomic E-state index is -0.106. The maximum Gasteiger partial charge on any atom is 0.174 e. The Balaban J connectivity index is 1.70. The normalized spacial score (nSPS) is 17.6. The van der Waals surface area contributed by atoms with Crippen molar-refractivity contribution in [1.29, 1.82) is 0 Å². The summed E-state index contributed by atoms with van der Waals surface area (Å²) < 4.78 is 8.03. The van der Waals surface area contributed by atoms with Gasteiger partial charge in [-0.05, 0) is 81.0 Å². The van der Waals surface area contributed by atoms with Crippen LogP contribution in [0, 0.1) is 20.8 Å². The van der Waals surface area contributed by atoms with Crippen LogP contribution in [0.15, 0.2) is 79.0 Å². The van der Waals surface area contributed by atoms with Crippen molar-refractivity contribution in [2.75, 3.05) is 12.0 Å². The van der Waals surface area contributed by atoms with E-state index in [-0.39, 0.29) is 12.1 Å². The van der Waals surface area contributed by atoms with Gasteiger partial charge in [-0.15, -0.1) is 0 Å².